The molecule has 0 spiro atoms. The van der Waals surface area contributed by atoms with Gasteiger partial charge in [-0.1, -0.05) is 6.92 Å². The second kappa shape index (κ2) is 7.05. The molecule has 0 aromatic carbocycles. The molecule has 0 aliphatic carbocycles. The van der Waals surface area contributed by atoms with Crippen LogP contribution < -0.4 is 0 Å². The van der Waals surface area contributed by atoms with Gasteiger partial charge >= 0.3 is 0 Å². The molecule has 0 radical (unpaired) electrons. The molecule has 1 fully saturated rings. The lowest BCUT2D eigenvalue weighted by atomic mass is 9.90. The number of likely N-dealkylation sites (tertiary alicyclic amines) is 1. The van der Waals surface area contributed by atoms with E-state index in [1.807, 2.05) is 0 Å². The maximum atomic E-state index is 2.61. The summed E-state index contributed by atoms with van der Waals surface area (Å²) in [7, 11) is 4.40. The Bertz CT molecular complexity index is 190. The van der Waals surface area contributed by atoms with Crippen molar-refractivity contribution in [3.05, 3.63) is 0 Å². The summed E-state index contributed by atoms with van der Waals surface area (Å²) in [5.41, 5.74) is 0.339. The van der Waals surface area contributed by atoms with E-state index in [1.54, 1.807) is 0 Å². The van der Waals surface area contributed by atoms with E-state index >= 15 is 0 Å². The SMILES string of the molecule is CC1CN(C(C)(C)C)CCC1N(C)C.Cl.Cl. The van der Waals surface area contributed by atoms with Crippen LogP contribution in [-0.4, -0.2) is 48.6 Å². The molecule has 0 amide bonds. The molecule has 4 heteroatoms. The third-order valence-electron chi connectivity index (χ3n) is 3.47. The van der Waals surface area contributed by atoms with Crippen molar-refractivity contribution >= 4 is 24.8 Å². The average Bonchev–Trinajstić information content (AvgIpc) is 2.01. The molecule has 0 bridgehead atoms. The number of nitrogens with zero attached hydrogens (tertiary/aromatic N) is 2. The Balaban J connectivity index is 0. The molecule has 100 valence electrons. The van der Waals surface area contributed by atoms with Crippen molar-refractivity contribution in [2.45, 2.75) is 45.7 Å². The van der Waals surface area contributed by atoms with Crippen LogP contribution in [-0.2, 0) is 0 Å². The number of halogens is 2. The van der Waals surface area contributed by atoms with Gasteiger partial charge in [-0.05, 0) is 47.2 Å². The highest BCUT2D eigenvalue weighted by molar-refractivity contribution is 5.85. The third-order valence-corrected chi connectivity index (χ3v) is 3.47. The van der Waals surface area contributed by atoms with Gasteiger partial charge in [0.15, 0.2) is 0 Å². The Morgan fingerprint density at radius 3 is 1.94 bits per heavy atom. The van der Waals surface area contributed by atoms with E-state index < -0.39 is 0 Å². The fourth-order valence-corrected chi connectivity index (χ4v) is 2.51. The van der Waals surface area contributed by atoms with Gasteiger partial charge in [-0.25, -0.2) is 0 Å². The highest BCUT2D eigenvalue weighted by atomic mass is 35.5. The van der Waals surface area contributed by atoms with Gasteiger partial charge in [-0.2, -0.15) is 0 Å². The molecule has 1 aliphatic rings. The van der Waals surface area contributed by atoms with Gasteiger partial charge < -0.3 is 4.90 Å². The van der Waals surface area contributed by atoms with Crippen LogP contribution in [0.3, 0.4) is 0 Å². The maximum Gasteiger partial charge on any atom is 0.0139 e. The molecule has 0 N–H and O–H groups in total. The maximum absolute atomic E-state index is 2.61. The van der Waals surface area contributed by atoms with E-state index in [0.717, 1.165) is 12.0 Å². The van der Waals surface area contributed by atoms with E-state index in [2.05, 4.69) is 51.6 Å². The molecule has 0 saturated carbocycles. The Labute approximate surface area is 114 Å². The predicted octanol–water partition coefficient (Wildman–Crippen LogP) is 2.90. The van der Waals surface area contributed by atoms with Crippen LogP contribution in [0.5, 0.6) is 0 Å². The molecule has 0 aromatic rings. The van der Waals surface area contributed by atoms with Crippen molar-refractivity contribution in [3.8, 4) is 0 Å². The summed E-state index contributed by atoms with van der Waals surface area (Å²) in [6.07, 6.45) is 1.31. The number of rotatable bonds is 1. The molecular formula is C12H28Cl2N2. The normalized spacial score (nSPS) is 27.2. The van der Waals surface area contributed by atoms with Crippen molar-refractivity contribution in [1.29, 1.82) is 0 Å². The summed E-state index contributed by atoms with van der Waals surface area (Å²) < 4.78 is 0. The number of piperidine rings is 1. The van der Waals surface area contributed by atoms with Crippen LogP contribution >= 0.6 is 24.8 Å². The van der Waals surface area contributed by atoms with Crippen molar-refractivity contribution in [2.75, 3.05) is 27.2 Å². The monoisotopic (exact) mass is 270 g/mol. The zero-order valence-corrected chi connectivity index (χ0v) is 13.1. The molecule has 2 unspecified atom stereocenters. The van der Waals surface area contributed by atoms with E-state index in [0.29, 0.717) is 5.54 Å². The lowest BCUT2D eigenvalue weighted by Gasteiger charge is -2.45. The smallest absolute Gasteiger partial charge is 0.0139 e. The van der Waals surface area contributed by atoms with Crippen molar-refractivity contribution in [1.82, 2.24) is 9.80 Å². The Hall–Kier alpha value is 0.500. The molecular weight excluding hydrogens is 243 g/mol. The first-order valence-corrected chi connectivity index (χ1v) is 5.74. The second-order valence-electron chi connectivity index (χ2n) is 5.91. The minimum Gasteiger partial charge on any atom is -0.306 e. The summed E-state index contributed by atoms with van der Waals surface area (Å²) in [6.45, 7) is 11.8. The van der Waals surface area contributed by atoms with E-state index in [1.165, 1.54) is 19.5 Å². The van der Waals surface area contributed by atoms with Crippen molar-refractivity contribution in [3.63, 3.8) is 0 Å². The minimum absolute atomic E-state index is 0. The van der Waals surface area contributed by atoms with Crippen molar-refractivity contribution < 1.29 is 0 Å². The second-order valence-corrected chi connectivity index (χ2v) is 5.91. The Morgan fingerprint density at radius 2 is 1.62 bits per heavy atom. The first-order valence-electron chi connectivity index (χ1n) is 5.74. The number of hydrogen-bond donors (Lipinski definition) is 0. The Kier molecular flexibility index (Phi) is 8.31. The molecule has 0 aromatic heterocycles. The van der Waals surface area contributed by atoms with Gasteiger partial charge in [0.1, 0.15) is 0 Å². The fourth-order valence-electron chi connectivity index (χ4n) is 2.51. The quantitative estimate of drug-likeness (QED) is 0.723. The van der Waals surface area contributed by atoms with E-state index in [-0.39, 0.29) is 24.8 Å². The topological polar surface area (TPSA) is 6.48 Å². The van der Waals surface area contributed by atoms with Gasteiger partial charge in [0.25, 0.3) is 0 Å². The molecule has 1 rings (SSSR count). The van der Waals surface area contributed by atoms with E-state index in [4.69, 9.17) is 0 Å². The van der Waals surface area contributed by atoms with Crippen LogP contribution in [0.25, 0.3) is 0 Å². The molecule has 16 heavy (non-hydrogen) atoms. The van der Waals surface area contributed by atoms with Gasteiger partial charge in [-0.15, -0.1) is 24.8 Å². The Morgan fingerprint density at radius 1 is 1.12 bits per heavy atom. The summed E-state index contributed by atoms with van der Waals surface area (Å²) in [4.78, 5) is 4.99. The van der Waals surface area contributed by atoms with E-state index in [9.17, 15) is 0 Å². The predicted molar refractivity (Wildman–Crippen MR) is 77.1 cm³/mol. The van der Waals surface area contributed by atoms with Crippen LogP contribution in [0.4, 0.5) is 0 Å². The van der Waals surface area contributed by atoms with Crippen molar-refractivity contribution in [2.24, 2.45) is 5.92 Å². The van der Waals surface area contributed by atoms with Crippen LogP contribution in [0.2, 0.25) is 0 Å². The molecule has 2 nitrogen and oxygen atoms in total. The largest absolute Gasteiger partial charge is 0.306 e. The lowest BCUT2D eigenvalue weighted by molar-refractivity contribution is 0.0373. The summed E-state index contributed by atoms with van der Waals surface area (Å²) >= 11 is 0. The molecule has 1 saturated heterocycles. The summed E-state index contributed by atoms with van der Waals surface area (Å²) in [6, 6.07) is 0.772. The zero-order chi connectivity index (χ0) is 10.9. The first-order chi connectivity index (χ1) is 6.32. The molecule has 2 atom stereocenters. The third kappa shape index (κ3) is 4.79. The minimum atomic E-state index is 0. The van der Waals surface area contributed by atoms with Gasteiger partial charge in [-0.3, -0.25) is 4.90 Å². The highest BCUT2D eigenvalue weighted by Gasteiger charge is 2.32. The van der Waals surface area contributed by atoms with Gasteiger partial charge in [0, 0.05) is 24.7 Å². The van der Waals surface area contributed by atoms with Crippen LogP contribution in [0.1, 0.15) is 34.1 Å². The number of hydrogen-bond acceptors (Lipinski definition) is 2. The molecule has 1 aliphatic heterocycles. The standard InChI is InChI=1S/C12H26N2.2ClH/c1-10-9-14(12(2,3)4)8-7-11(10)13(5)6;;/h10-11H,7-9H2,1-6H3;2*1H. The average molecular weight is 271 g/mol. The van der Waals surface area contributed by atoms with Crippen LogP contribution in [0.15, 0.2) is 0 Å². The summed E-state index contributed by atoms with van der Waals surface area (Å²) in [5.74, 6) is 0.790. The molecule has 1 heterocycles. The highest BCUT2D eigenvalue weighted by Crippen LogP contribution is 2.25. The first kappa shape index (κ1) is 18.9. The lowest BCUT2D eigenvalue weighted by Crippen LogP contribution is -2.53. The van der Waals surface area contributed by atoms with Gasteiger partial charge in [0.05, 0.1) is 0 Å². The summed E-state index contributed by atoms with van der Waals surface area (Å²) in [5, 5.41) is 0. The zero-order valence-electron chi connectivity index (χ0n) is 11.5. The van der Waals surface area contributed by atoms with Crippen LogP contribution in [0, 0.1) is 5.92 Å². The fraction of sp³-hybridized carbons (Fsp3) is 1.00. The van der Waals surface area contributed by atoms with Gasteiger partial charge in [0.2, 0.25) is 0 Å².